The average molecular weight is 377 g/mol. The molecule has 0 amide bonds. The van der Waals surface area contributed by atoms with Crippen molar-refractivity contribution < 1.29 is 0 Å². The predicted octanol–water partition coefficient (Wildman–Crippen LogP) is 5.00. The van der Waals surface area contributed by atoms with E-state index in [1.165, 1.54) is 33.2 Å². The SMILES string of the molecule is Cc1cnc2[nH]cc(Cc3cnc(CCc4ccc(Cl)nc4)c(C)c3)c2c1. The molecule has 0 aliphatic heterocycles. The summed E-state index contributed by atoms with van der Waals surface area (Å²) in [5.74, 6) is 0. The van der Waals surface area contributed by atoms with Gasteiger partial charge in [-0.05, 0) is 66.6 Å². The molecular weight excluding hydrogens is 356 g/mol. The second kappa shape index (κ2) is 7.49. The molecule has 0 aromatic carbocycles. The summed E-state index contributed by atoms with van der Waals surface area (Å²) < 4.78 is 0. The van der Waals surface area contributed by atoms with Crippen LogP contribution < -0.4 is 0 Å². The van der Waals surface area contributed by atoms with Crippen LogP contribution in [0.5, 0.6) is 0 Å². The van der Waals surface area contributed by atoms with E-state index in [-0.39, 0.29) is 0 Å². The first-order valence-corrected chi connectivity index (χ1v) is 9.44. The normalized spacial score (nSPS) is 11.2. The zero-order valence-corrected chi connectivity index (χ0v) is 16.2. The predicted molar refractivity (Wildman–Crippen MR) is 109 cm³/mol. The van der Waals surface area contributed by atoms with Gasteiger partial charge < -0.3 is 4.98 Å². The first kappa shape index (κ1) is 17.7. The van der Waals surface area contributed by atoms with Crippen LogP contribution in [0.15, 0.2) is 49.1 Å². The minimum atomic E-state index is 0.528. The first-order valence-electron chi connectivity index (χ1n) is 9.06. The number of aromatic nitrogens is 4. The van der Waals surface area contributed by atoms with E-state index in [9.17, 15) is 0 Å². The maximum absolute atomic E-state index is 5.85. The van der Waals surface area contributed by atoms with Crippen molar-refractivity contribution in [3.05, 3.63) is 87.7 Å². The summed E-state index contributed by atoms with van der Waals surface area (Å²) in [4.78, 5) is 16.6. The quantitative estimate of drug-likeness (QED) is 0.499. The van der Waals surface area contributed by atoms with Crippen LogP contribution in [0.3, 0.4) is 0 Å². The van der Waals surface area contributed by atoms with Gasteiger partial charge in [-0.25, -0.2) is 9.97 Å². The Morgan fingerprint density at radius 2 is 1.78 bits per heavy atom. The topological polar surface area (TPSA) is 54.5 Å². The van der Waals surface area contributed by atoms with Gasteiger partial charge in [0.15, 0.2) is 0 Å². The molecule has 1 N–H and O–H groups in total. The molecule has 4 heterocycles. The largest absolute Gasteiger partial charge is 0.346 e. The number of aromatic amines is 1. The molecule has 0 bridgehead atoms. The van der Waals surface area contributed by atoms with Crippen LogP contribution in [0.1, 0.15) is 33.5 Å². The van der Waals surface area contributed by atoms with Crippen molar-refractivity contribution >= 4 is 22.6 Å². The molecule has 0 atom stereocenters. The summed E-state index contributed by atoms with van der Waals surface area (Å²) in [6, 6.07) is 8.28. The monoisotopic (exact) mass is 376 g/mol. The van der Waals surface area contributed by atoms with E-state index in [2.05, 4.69) is 40.9 Å². The second-order valence-corrected chi connectivity index (χ2v) is 7.38. The van der Waals surface area contributed by atoms with Gasteiger partial charge in [0.05, 0.1) is 0 Å². The van der Waals surface area contributed by atoms with Crippen molar-refractivity contribution in [3.8, 4) is 0 Å². The molecule has 0 spiro atoms. The fraction of sp³-hybridized carbons (Fsp3) is 0.227. The van der Waals surface area contributed by atoms with Crippen molar-refractivity contribution in [2.45, 2.75) is 33.1 Å². The van der Waals surface area contributed by atoms with E-state index in [1.807, 2.05) is 36.9 Å². The Kier molecular flexibility index (Phi) is 4.90. The summed E-state index contributed by atoms with van der Waals surface area (Å²) in [5.41, 5.74) is 8.10. The van der Waals surface area contributed by atoms with Gasteiger partial charge in [0.25, 0.3) is 0 Å². The molecule has 0 aliphatic rings. The van der Waals surface area contributed by atoms with Gasteiger partial charge in [-0.15, -0.1) is 0 Å². The highest BCUT2D eigenvalue weighted by molar-refractivity contribution is 6.29. The van der Waals surface area contributed by atoms with E-state index >= 15 is 0 Å². The summed E-state index contributed by atoms with van der Waals surface area (Å²) in [7, 11) is 0. The Morgan fingerprint density at radius 3 is 2.56 bits per heavy atom. The molecule has 4 aromatic heterocycles. The Bertz CT molecular complexity index is 1080. The van der Waals surface area contributed by atoms with Crippen molar-refractivity contribution in [3.63, 3.8) is 0 Å². The number of H-pyrrole nitrogens is 1. The second-order valence-electron chi connectivity index (χ2n) is 7.00. The molecule has 5 heteroatoms. The number of aryl methyl sites for hydroxylation is 4. The van der Waals surface area contributed by atoms with Crippen molar-refractivity contribution in [2.75, 3.05) is 0 Å². The minimum Gasteiger partial charge on any atom is -0.346 e. The molecule has 0 saturated heterocycles. The molecule has 0 radical (unpaired) electrons. The van der Waals surface area contributed by atoms with Crippen LogP contribution in [0.4, 0.5) is 0 Å². The van der Waals surface area contributed by atoms with Gasteiger partial charge in [0, 0.05) is 42.3 Å². The van der Waals surface area contributed by atoms with E-state index < -0.39 is 0 Å². The maximum atomic E-state index is 5.85. The Hall–Kier alpha value is -2.72. The summed E-state index contributed by atoms with van der Waals surface area (Å²) in [6.07, 6.45) is 10.4. The summed E-state index contributed by atoms with van der Waals surface area (Å²) in [6.45, 7) is 4.20. The number of nitrogens with one attached hydrogen (secondary N) is 1. The number of hydrogen-bond acceptors (Lipinski definition) is 3. The smallest absolute Gasteiger partial charge is 0.137 e. The third-order valence-electron chi connectivity index (χ3n) is 4.83. The molecule has 0 unspecified atom stereocenters. The molecule has 0 aliphatic carbocycles. The zero-order chi connectivity index (χ0) is 18.8. The van der Waals surface area contributed by atoms with Crippen LogP contribution in [-0.4, -0.2) is 19.9 Å². The lowest BCUT2D eigenvalue weighted by Gasteiger charge is -2.08. The molecule has 0 fully saturated rings. The lowest BCUT2D eigenvalue weighted by molar-refractivity contribution is 0.888. The Labute approximate surface area is 163 Å². The fourth-order valence-electron chi connectivity index (χ4n) is 3.37. The Morgan fingerprint density at radius 1 is 0.926 bits per heavy atom. The van der Waals surface area contributed by atoms with Gasteiger partial charge in [-0.2, -0.15) is 0 Å². The van der Waals surface area contributed by atoms with Crippen LogP contribution >= 0.6 is 11.6 Å². The molecular formula is C22H21ClN4. The van der Waals surface area contributed by atoms with Crippen LogP contribution in [0.25, 0.3) is 11.0 Å². The van der Waals surface area contributed by atoms with Gasteiger partial charge in [0.2, 0.25) is 0 Å². The Balaban J connectivity index is 1.49. The summed E-state index contributed by atoms with van der Waals surface area (Å²) in [5, 5.41) is 1.71. The van der Waals surface area contributed by atoms with E-state index in [1.54, 1.807) is 0 Å². The number of nitrogens with zero attached hydrogens (tertiary/aromatic N) is 3. The van der Waals surface area contributed by atoms with Crippen LogP contribution in [0.2, 0.25) is 5.15 Å². The lowest BCUT2D eigenvalue weighted by atomic mass is 10.0. The number of pyridine rings is 3. The molecule has 4 nitrogen and oxygen atoms in total. The van der Waals surface area contributed by atoms with Crippen molar-refractivity contribution in [1.82, 2.24) is 19.9 Å². The molecule has 136 valence electrons. The first-order chi connectivity index (χ1) is 13.1. The molecule has 4 rings (SSSR count). The number of halogens is 1. The fourth-order valence-corrected chi connectivity index (χ4v) is 3.48. The lowest BCUT2D eigenvalue weighted by Crippen LogP contribution is -2.00. The van der Waals surface area contributed by atoms with E-state index in [0.717, 1.165) is 30.6 Å². The number of fused-ring (bicyclic) bond motifs is 1. The third kappa shape index (κ3) is 4.01. The zero-order valence-electron chi connectivity index (χ0n) is 15.5. The molecule has 0 saturated carbocycles. The van der Waals surface area contributed by atoms with E-state index in [4.69, 9.17) is 16.6 Å². The standard InChI is InChI=1S/C22H21ClN4/c1-14-7-19-18(13-27-22(19)26-10-14)9-17-8-15(2)20(24-12-17)5-3-16-4-6-21(23)25-11-16/h4,6-8,10-13H,3,5,9H2,1-2H3,(H,26,27). The van der Waals surface area contributed by atoms with Gasteiger partial charge in [0.1, 0.15) is 10.8 Å². The molecule has 4 aromatic rings. The van der Waals surface area contributed by atoms with Crippen molar-refractivity contribution in [2.24, 2.45) is 0 Å². The minimum absolute atomic E-state index is 0.528. The highest BCUT2D eigenvalue weighted by Crippen LogP contribution is 2.21. The van der Waals surface area contributed by atoms with Crippen LogP contribution in [-0.2, 0) is 19.3 Å². The molecule has 27 heavy (non-hydrogen) atoms. The highest BCUT2D eigenvalue weighted by atomic mass is 35.5. The number of rotatable bonds is 5. The third-order valence-corrected chi connectivity index (χ3v) is 5.05. The average Bonchev–Trinajstić information content (AvgIpc) is 3.04. The van der Waals surface area contributed by atoms with Gasteiger partial charge >= 0.3 is 0 Å². The van der Waals surface area contributed by atoms with Gasteiger partial charge in [-0.3, -0.25) is 4.98 Å². The number of hydrogen-bond donors (Lipinski definition) is 1. The van der Waals surface area contributed by atoms with Crippen molar-refractivity contribution in [1.29, 1.82) is 0 Å². The van der Waals surface area contributed by atoms with Crippen LogP contribution in [0, 0.1) is 13.8 Å². The summed E-state index contributed by atoms with van der Waals surface area (Å²) >= 11 is 5.85. The highest BCUT2D eigenvalue weighted by Gasteiger charge is 2.08. The van der Waals surface area contributed by atoms with Gasteiger partial charge in [-0.1, -0.05) is 23.7 Å². The van der Waals surface area contributed by atoms with E-state index in [0.29, 0.717) is 5.15 Å². The maximum Gasteiger partial charge on any atom is 0.137 e.